The van der Waals surface area contributed by atoms with E-state index in [1.54, 1.807) is 0 Å². The molecule has 0 rings (SSSR count). The molecule has 0 unspecified atom stereocenters. The monoisotopic (exact) mass is 356 g/mol. The van der Waals surface area contributed by atoms with Crippen molar-refractivity contribution in [2.45, 2.75) is 109 Å². The summed E-state index contributed by atoms with van der Waals surface area (Å²) >= 11 is 0. The molecule has 0 aromatic rings. The normalized spacial score (nSPS) is 12.1. The summed E-state index contributed by atoms with van der Waals surface area (Å²) < 4.78 is 0. The van der Waals surface area contributed by atoms with Crippen molar-refractivity contribution < 1.29 is 14.7 Å². The Labute approximate surface area is 154 Å². The lowest BCUT2D eigenvalue weighted by Crippen LogP contribution is -2.42. The van der Waals surface area contributed by atoms with E-state index in [4.69, 9.17) is 10.8 Å². The van der Waals surface area contributed by atoms with Gasteiger partial charge in [0, 0.05) is 6.54 Å². The van der Waals surface area contributed by atoms with Crippen molar-refractivity contribution in [1.29, 1.82) is 0 Å². The van der Waals surface area contributed by atoms with Crippen molar-refractivity contribution in [2.75, 3.05) is 6.54 Å². The topological polar surface area (TPSA) is 92.4 Å². The standard InChI is InChI=1S/C20H40N2O3/c1-2-3-4-5-6-7-8-9-10-11-12-13-14-15-16-22-20(25)18(21)17-19(23)24/h18H,2-17,21H2,1H3,(H,22,25)(H,23,24)/t18-/m0/s1. The zero-order valence-corrected chi connectivity index (χ0v) is 16.2. The van der Waals surface area contributed by atoms with Gasteiger partial charge in [-0.2, -0.15) is 0 Å². The molecule has 0 spiro atoms. The van der Waals surface area contributed by atoms with Gasteiger partial charge in [0.05, 0.1) is 12.5 Å². The van der Waals surface area contributed by atoms with Crippen molar-refractivity contribution in [2.24, 2.45) is 5.73 Å². The molecule has 148 valence electrons. The molecule has 1 atom stereocenters. The number of carbonyl (C=O) groups is 2. The van der Waals surface area contributed by atoms with Crippen LogP contribution in [-0.2, 0) is 9.59 Å². The molecule has 0 saturated heterocycles. The van der Waals surface area contributed by atoms with Gasteiger partial charge >= 0.3 is 5.97 Å². The van der Waals surface area contributed by atoms with E-state index >= 15 is 0 Å². The molecule has 4 N–H and O–H groups in total. The van der Waals surface area contributed by atoms with Crippen LogP contribution in [0, 0.1) is 0 Å². The van der Waals surface area contributed by atoms with Gasteiger partial charge in [0.1, 0.15) is 0 Å². The minimum atomic E-state index is -1.04. The summed E-state index contributed by atoms with van der Waals surface area (Å²) in [4.78, 5) is 22.0. The van der Waals surface area contributed by atoms with Crippen LogP contribution < -0.4 is 11.1 Å². The molecule has 0 radical (unpaired) electrons. The van der Waals surface area contributed by atoms with Crippen LogP contribution in [0.3, 0.4) is 0 Å². The number of carboxylic acid groups (broad SMARTS) is 1. The molecule has 25 heavy (non-hydrogen) atoms. The summed E-state index contributed by atoms with van der Waals surface area (Å²) in [6.07, 6.45) is 17.9. The SMILES string of the molecule is CCCCCCCCCCCCCCCCNC(=O)[C@@H](N)CC(=O)O. The summed E-state index contributed by atoms with van der Waals surface area (Å²) in [6, 6.07) is -0.941. The van der Waals surface area contributed by atoms with Gasteiger partial charge in [0.15, 0.2) is 0 Å². The number of nitrogens with two attached hydrogens (primary N) is 1. The van der Waals surface area contributed by atoms with Gasteiger partial charge < -0.3 is 16.2 Å². The highest BCUT2D eigenvalue weighted by Crippen LogP contribution is 2.12. The predicted molar refractivity (Wildman–Crippen MR) is 104 cm³/mol. The predicted octanol–water partition coefficient (Wildman–Crippen LogP) is 4.39. The fourth-order valence-corrected chi connectivity index (χ4v) is 2.94. The van der Waals surface area contributed by atoms with Crippen LogP contribution in [-0.4, -0.2) is 29.6 Å². The molecule has 1 amide bonds. The van der Waals surface area contributed by atoms with Gasteiger partial charge in [-0.1, -0.05) is 90.4 Å². The Morgan fingerprint density at radius 3 is 1.60 bits per heavy atom. The molecule has 5 nitrogen and oxygen atoms in total. The first-order chi connectivity index (χ1) is 12.1. The lowest BCUT2D eigenvalue weighted by atomic mass is 10.0. The van der Waals surface area contributed by atoms with E-state index in [1.165, 1.54) is 77.0 Å². The Hall–Kier alpha value is -1.10. The van der Waals surface area contributed by atoms with Gasteiger partial charge in [-0.15, -0.1) is 0 Å². The average molecular weight is 357 g/mol. The molecule has 0 aliphatic heterocycles. The molecule has 0 aromatic heterocycles. The summed E-state index contributed by atoms with van der Waals surface area (Å²) in [7, 11) is 0. The molecule has 0 aromatic carbocycles. The number of hydrogen-bond acceptors (Lipinski definition) is 3. The maximum Gasteiger partial charge on any atom is 0.305 e. The van der Waals surface area contributed by atoms with Crippen molar-refractivity contribution in [3.8, 4) is 0 Å². The van der Waals surface area contributed by atoms with Crippen LogP contribution >= 0.6 is 0 Å². The summed E-state index contributed by atoms with van der Waals surface area (Å²) in [5.74, 6) is -1.41. The zero-order chi connectivity index (χ0) is 18.8. The fraction of sp³-hybridized carbons (Fsp3) is 0.900. The number of carbonyl (C=O) groups excluding carboxylic acids is 1. The number of rotatable bonds is 18. The second kappa shape index (κ2) is 17.7. The Morgan fingerprint density at radius 1 is 0.800 bits per heavy atom. The van der Waals surface area contributed by atoms with E-state index in [2.05, 4.69) is 12.2 Å². The fourth-order valence-electron chi connectivity index (χ4n) is 2.94. The molecule has 0 heterocycles. The molecule has 0 fully saturated rings. The highest BCUT2D eigenvalue weighted by atomic mass is 16.4. The molecular formula is C20H40N2O3. The third-order valence-electron chi connectivity index (χ3n) is 4.56. The second-order valence-electron chi connectivity index (χ2n) is 7.09. The lowest BCUT2D eigenvalue weighted by molar-refractivity contribution is -0.139. The number of carboxylic acids is 1. The van der Waals surface area contributed by atoms with Gasteiger partial charge in [-0.3, -0.25) is 9.59 Å². The van der Waals surface area contributed by atoms with Crippen molar-refractivity contribution in [3.05, 3.63) is 0 Å². The smallest absolute Gasteiger partial charge is 0.305 e. The van der Waals surface area contributed by atoms with Crippen molar-refractivity contribution >= 4 is 11.9 Å². The Balaban J connectivity index is 3.21. The van der Waals surface area contributed by atoms with Gasteiger partial charge in [0.25, 0.3) is 0 Å². The highest BCUT2D eigenvalue weighted by Gasteiger charge is 2.15. The zero-order valence-electron chi connectivity index (χ0n) is 16.2. The maximum absolute atomic E-state index is 11.5. The first kappa shape index (κ1) is 23.9. The summed E-state index contributed by atoms with van der Waals surface area (Å²) in [5, 5.41) is 11.3. The van der Waals surface area contributed by atoms with Gasteiger partial charge in [0.2, 0.25) is 5.91 Å². The maximum atomic E-state index is 11.5. The van der Waals surface area contributed by atoms with Crippen LogP contribution in [0.15, 0.2) is 0 Å². The Kier molecular flexibility index (Phi) is 16.9. The van der Waals surface area contributed by atoms with Gasteiger partial charge in [-0.25, -0.2) is 0 Å². The van der Waals surface area contributed by atoms with E-state index < -0.39 is 12.0 Å². The lowest BCUT2D eigenvalue weighted by Gasteiger charge is -2.10. The average Bonchev–Trinajstić information content (AvgIpc) is 2.57. The quantitative estimate of drug-likeness (QED) is 0.318. The number of aliphatic carboxylic acids is 1. The van der Waals surface area contributed by atoms with E-state index in [1.807, 2.05) is 0 Å². The minimum absolute atomic E-state index is 0.315. The third kappa shape index (κ3) is 17.5. The molecule has 5 heteroatoms. The number of amides is 1. The molecule has 0 saturated carbocycles. The summed E-state index contributed by atoms with van der Waals surface area (Å²) in [5.41, 5.74) is 5.49. The van der Waals surface area contributed by atoms with E-state index in [9.17, 15) is 9.59 Å². The van der Waals surface area contributed by atoms with Crippen molar-refractivity contribution in [1.82, 2.24) is 5.32 Å². The number of hydrogen-bond donors (Lipinski definition) is 3. The van der Waals surface area contributed by atoms with E-state index in [0.29, 0.717) is 6.54 Å². The van der Waals surface area contributed by atoms with Crippen LogP contribution in [0.4, 0.5) is 0 Å². The van der Waals surface area contributed by atoms with Crippen LogP contribution in [0.5, 0.6) is 0 Å². The second-order valence-corrected chi connectivity index (χ2v) is 7.09. The Bertz CT molecular complexity index is 335. The van der Waals surface area contributed by atoms with Crippen LogP contribution in [0.1, 0.15) is 103 Å². The molecular weight excluding hydrogens is 316 g/mol. The highest BCUT2D eigenvalue weighted by molar-refractivity contribution is 5.85. The molecule has 0 bridgehead atoms. The number of unbranched alkanes of at least 4 members (excludes halogenated alkanes) is 13. The van der Waals surface area contributed by atoms with E-state index in [-0.39, 0.29) is 12.3 Å². The molecule has 0 aliphatic carbocycles. The minimum Gasteiger partial charge on any atom is -0.481 e. The van der Waals surface area contributed by atoms with Crippen molar-refractivity contribution in [3.63, 3.8) is 0 Å². The Morgan fingerprint density at radius 2 is 1.20 bits per heavy atom. The number of nitrogens with one attached hydrogen (secondary N) is 1. The molecule has 0 aliphatic rings. The first-order valence-electron chi connectivity index (χ1n) is 10.3. The first-order valence-corrected chi connectivity index (χ1v) is 10.3. The third-order valence-corrected chi connectivity index (χ3v) is 4.56. The van der Waals surface area contributed by atoms with Crippen LogP contribution in [0.25, 0.3) is 0 Å². The van der Waals surface area contributed by atoms with E-state index in [0.717, 1.165) is 12.8 Å². The van der Waals surface area contributed by atoms with Gasteiger partial charge in [-0.05, 0) is 6.42 Å². The van der Waals surface area contributed by atoms with Crippen LogP contribution in [0.2, 0.25) is 0 Å². The summed E-state index contributed by atoms with van der Waals surface area (Å²) in [6.45, 7) is 2.85. The largest absolute Gasteiger partial charge is 0.481 e.